The number of carboxylic acids is 1. The maximum Gasteiger partial charge on any atom is 0.354 e. The zero-order valence-corrected chi connectivity index (χ0v) is 12.1. The molecule has 0 atom stereocenters. The highest BCUT2D eigenvalue weighted by molar-refractivity contribution is 5.85. The smallest absolute Gasteiger partial charge is 0.354 e. The summed E-state index contributed by atoms with van der Waals surface area (Å²) < 4.78 is 10.1. The first-order valence-corrected chi connectivity index (χ1v) is 6.40. The van der Waals surface area contributed by atoms with E-state index in [1.54, 1.807) is 21.1 Å². The van der Waals surface area contributed by atoms with Crippen molar-refractivity contribution in [2.45, 2.75) is 13.3 Å². The largest absolute Gasteiger partial charge is 0.477 e. The fraction of sp³-hybridized carbons (Fsp3) is 0.615. The minimum absolute atomic E-state index is 0.00154. The molecule has 20 heavy (non-hydrogen) atoms. The first-order chi connectivity index (χ1) is 9.58. The van der Waals surface area contributed by atoms with Crippen LogP contribution in [-0.4, -0.2) is 61.6 Å². The number of ether oxygens (including phenoxy) is 2. The highest BCUT2D eigenvalue weighted by Crippen LogP contribution is 2.11. The van der Waals surface area contributed by atoms with Gasteiger partial charge in [0.15, 0.2) is 5.69 Å². The van der Waals surface area contributed by atoms with Crippen molar-refractivity contribution < 1.29 is 19.4 Å². The van der Waals surface area contributed by atoms with Gasteiger partial charge in [0.1, 0.15) is 0 Å². The fourth-order valence-electron chi connectivity index (χ4n) is 1.72. The van der Waals surface area contributed by atoms with Gasteiger partial charge >= 0.3 is 5.97 Å². The van der Waals surface area contributed by atoms with Crippen LogP contribution in [0.5, 0.6) is 0 Å². The average molecular weight is 283 g/mol. The number of carboxylic acid groups (broad SMARTS) is 1. The van der Waals surface area contributed by atoms with Crippen molar-refractivity contribution in [3.05, 3.63) is 17.5 Å². The van der Waals surface area contributed by atoms with E-state index in [9.17, 15) is 4.79 Å². The van der Waals surface area contributed by atoms with Crippen molar-refractivity contribution in [2.75, 3.05) is 45.4 Å². The molecule has 112 valence electrons. The molecule has 0 unspecified atom stereocenters. The molecule has 0 aromatic carbocycles. The third-order valence-electron chi connectivity index (χ3n) is 2.69. The van der Waals surface area contributed by atoms with E-state index in [0.29, 0.717) is 37.9 Å². The normalized spacial score (nSPS) is 10.6. The van der Waals surface area contributed by atoms with Crippen molar-refractivity contribution in [3.63, 3.8) is 0 Å². The predicted octanol–water partition coefficient (Wildman–Crippen LogP) is 0.973. The Labute approximate surface area is 118 Å². The number of aromatic nitrogens is 2. The number of nitrogens with zero attached hydrogens (tertiary/aromatic N) is 3. The van der Waals surface area contributed by atoms with Gasteiger partial charge < -0.3 is 19.5 Å². The van der Waals surface area contributed by atoms with Crippen molar-refractivity contribution in [1.29, 1.82) is 0 Å². The molecule has 0 bridgehead atoms. The number of hydrogen-bond acceptors (Lipinski definition) is 6. The summed E-state index contributed by atoms with van der Waals surface area (Å²) in [6, 6.07) is 1.45. The van der Waals surface area contributed by atoms with Crippen LogP contribution in [0.25, 0.3) is 0 Å². The molecule has 7 nitrogen and oxygen atoms in total. The Bertz CT molecular complexity index is 440. The number of carbonyl (C=O) groups is 1. The van der Waals surface area contributed by atoms with E-state index in [4.69, 9.17) is 14.6 Å². The van der Waals surface area contributed by atoms with Gasteiger partial charge in [0, 0.05) is 39.6 Å². The summed E-state index contributed by atoms with van der Waals surface area (Å²) in [7, 11) is 3.26. The topological polar surface area (TPSA) is 84.8 Å². The molecule has 0 aliphatic heterocycles. The van der Waals surface area contributed by atoms with Crippen LogP contribution >= 0.6 is 0 Å². The minimum atomic E-state index is -1.06. The number of anilines is 1. The van der Waals surface area contributed by atoms with E-state index >= 15 is 0 Å². The molecule has 0 spiro atoms. The Hall–Kier alpha value is -1.73. The summed E-state index contributed by atoms with van der Waals surface area (Å²) in [6.45, 7) is 4.18. The highest BCUT2D eigenvalue weighted by atomic mass is 16.5. The molecule has 1 rings (SSSR count). The Morgan fingerprint density at radius 1 is 1.25 bits per heavy atom. The van der Waals surface area contributed by atoms with Crippen LogP contribution in [0.4, 0.5) is 5.95 Å². The van der Waals surface area contributed by atoms with Crippen molar-refractivity contribution >= 4 is 11.9 Å². The van der Waals surface area contributed by atoms with Gasteiger partial charge in [-0.05, 0) is 19.4 Å². The summed E-state index contributed by atoms with van der Waals surface area (Å²) in [5, 5.41) is 9.05. The van der Waals surface area contributed by atoms with Gasteiger partial charge in [-0.15, -0.1) is 0 Å². The Balaban J connectivity index is 2.90. The second-order valence-electron chi connectivity index (χ2n) is 4.33. The Kier molecular flexibility index (Phi) is 6.89. The lowest BCUT2D eigenvalue weighted by atomic mass is 10.3. The van der Waals surface area contributed by atoms with Crippen LogP contribution in [0, 0.1) is 6.92 Å². The van der Waals surface area contributed by atoms with Crippen molar-refractivity contribution in [1.82, 2.24) is 9.97 Å². The Morgan fingerprint density at radius 2 is 1.95 bits per heavy atom. The van der Waals surface area contributed by atoms with Crippen molar-refractivity contribution in [3.8, 4) is 0 Å². The molecular formula is C13H21N3O4. The molecule has 1 aromatic heterocycles. The van der Waals surface area contributed by atoms with Gasteiger partial charge in [0.2, 0.25) is 5.95 Å². The lowest BCUT2D eigenvalue weighted by Gasteiger charge is -2.22. The summed E-state index contributed by atoms with van der Waals surface area (Å²) in [4.78, 5) is 21.3. The third-order valence-corrected chi connectivity index (χ3v) is 2.69. The molecule has 1 aromatic rings. The molecule has 1 heterocycles. The van der Waals surface area contributed by atoms with E-state index in [1.807, 2.05) is 4.90 Å². The lowest BCUT2D eigenvalue weighted by Crippen LogP contribution is -2.31. The molecule has 0 aliphatic carbocycles. The molecular weight excluding hydrogens is 262 g/mol. The molecule has 0 saturated carbocycles. The predicted molar refractivity (Wildman–Crippen MR) is 74.3 cm³/mol. The second kappa shape index (κ2) is 8.44. The number of rotatable bonds is 9. The number of aryl methyl sites for hydroxylation is 1. The quantitative estimate of drug-likeness (QED) is 0.676. The van der Waals surface area contributed by atoms with E-state index in [1.165, 1.54) is 6.07 Å². The minimum Gasteiger partial charge on any atom is -0.477 e. The van der Waals surface area contributed by atoms with Crippen LogP contribution in [0.1, 0.15) is 22.6 Å². The maximum absolute atomic E-state index is 11.0. The van der Waals surface area contributed by atoms with E-state index in [-0.39, 0.29) is 5.69 Å². The van der Waals surface area contributed by atoms with Crippen LogP contribution < -0.4 is 4.90 Å². The maximum atomic E-state index is 11.0. The first-order valence-electron chi connectivity index (χ1n) is 6.40. The van der Waals surface area contributed by atoms with Gasteiger partial charge in [-0.1, -0.05) is 0 Å². The zero-order valence-electron chi connectivity index (χ0n) is 12.1. The third kappa shape index (κ3) is 5.10. The van der Waals surface area contributed by atoms with Crippen LogP contribution in [0.3, 0.4) is 0 Å². The molecule has 0 aliphatic rings. The number of methoxy groups -OCH3 is 2. The molecule has 7 heteroatoms. The average Bonchev–Trinajstić information content (AvgIpc) is 2.42. The summed E-state index contributed by atoms with van der Waals surface area (Å²) in [5.41, 5.74) is 0.628. The first kappa shape index (κ1) is 16.3. The molecule has 0 saturated heterocycles. The van der Waals surface area contributed by atoms with Crippen LogP contribution in [-0.2, 0) is 9.47 Å². The van der Waals surface area contributed by atoms with E-state index in [0.717, 1.165) is 6.42 Å². The monoisotopic (exact) mass is 283 g/mol. The highest BCUT2D eigenvalue weighted by Gasteiger charge is 2.14. The van der Waals surface area contributed by atoms with Gasteiger partial charge in [-0.2, -0.15) is 0 Å². The van der Waals surface area contributed by atoms with Gasteiger partial charge in [-0.3, -0.25) is 0 Å². The Morgan fingerprint density at radius 3 is 2.55 bits per heavy atom. The molecule has 1 N–H and O–H groups in total. The summed E-state index contributed by atoms with van der Waals surface area (Å²) >= 11 is 0. The van der Waals surface area contributed by atoms with Crippen LogP contribution in [0.2, 0.25) is 0 Å². The van der Waals surface area contributed by atoms with Crippen LogP contribution in [0.15, 0.2) is 6.07 Å². The standard InChI is InChI=1S/C13H21N3O4/c1-10-9-11(12(17)18)15-13(14-10)16(6-8-20-3)5-4-7-19-2/h9H,4-8H2,1-3H3,(H,17,18). The van der Waals surface area contributed by atoms with E-state index < -0.39 is 5.97 Å². The summed E-state index contributed by atoms with van der Waals surface area (Å²) in [6.07, 6.45) is 0.805. The fourth-order valence-corrected chi connectivity index (χ4v) is 1.72. The van der Waals surface area contributed by atoms with E-state index in [2.05, 4.69) is 9.97 Å². The molecule has 0 radical (unpaired) electrons. The van der Waals surface area contributed by atoms with Gasteiger partial charge in [-0.25, -0.2) is 14.8 Å². The molecule has 0 fully saturated rings. The lowest BCUT2D eigenvalue weighted by molar-refractivity contribution is 0.0690. The van der Waals surface area contributed by atoms with Gasteiger partial charge in [0.05, 0.1) is 6.61 Å². The number of hydrogen-bond donors (Lipinski definition) is 1. The molecule has 0 amide bonds. The SMILES string of the molecule is COCCCN(CCOC)c1nc(C)cc(C(=O)O)n1. The second-order valence-corrected chi connectivity index (χ2v) is 4.33. The number of aromatic carboxylic acids is 1. The zero-order chi connectivity index (χ0) is 15.0. The van der Waals surface area contributed by atoms with Crippen molar-refractivity contribution in [2.24, 2.45) is 0 Å². The van der Waals surface area contributed by atoms with Gasteiger partial charge in [0.25, 0.3) is 0 Å². The summed E-state index contributed by atoms with van der Waals surface area (Å²) in [5.74, 6) is -0.643.